The SMILES string of the molecule is Cc1ccc2c(N/N=C/c3ccc4ccc5cccc6ccc3c4c56)cc(C)nc2n1. The van der Waals surface area contributed by atoms with E-state index in [0.29, 0.717) is 0 Å². The van der Waals surface area contributed by atoms with E-state index < -0.39 is 0 Å². The smallest absolute Gasteiger partial charge is 0.161 e. The molecule has 0 unspecified atom stereocenters. The molecule has 0 radical (unpaired) electrons. The van der Waals surface area contributed by atoms with Crippen LogP contribution in [0.4, 0.5) is 5.69 Å². The van der Waals surface area contributed by atoms with Crippen LogP contribution in [0.3, 0.4) is 0 Å². The lowest BCUT2D eigenvalue weighted by atomic mass is 9.92. The first kappa shape index (κ1) is 17.8. The van der Waals surface area contributed by atoms with Gasteiger partial charge in [-0.25, -0.2) is 9.97 Å². The fraction of sp³-hybridized carbons (Fsp3) is 0.0741. The monoisotopic (exact) mass is 400 g/mol. The number of pyridine rings is 2. The number of hydrogen-bond acceptors (Lipinski definition) is 4. The van der Waals surface area contributed by atoms with Gasteiger partial charge in [0.15, 0.2) is 5.65 Å². The second-order valence-corrected chi connectivity index (χ2v) is 8.02. The number of rotatable bonds is 3. The average molecular weight is 400 g/mol. The molecule has 0 saturated heterocycles. The van der Waals surface area contributed by atoms with Crippen molar-refractivity contribution in [1.82, 2.24) is 9.97 Å². The number of aryl methyl sites for hydroxylation is 2. The van der Waals surface area contributed by atoms with Gasteiger partial charge in [-0.15, -0.1) is 0 Å². The summed E-state index contributed by atoms with van der Waals surface area (Å²) in [4.78, 5) is 9.10. The molecule has 4 nitrogen and oxygen atoms in total. The quantitative estimate of drug-likeness (QED) is 0.207. The highest BCUT2D eigenvalue weighted by molar-refractivity contribution is 6.25. The minimum absolute atomic E-state index is 0.737. The summed E-state index contributed by atoms with van der Waals surface area (Å²) in [6.07, 6.45) is 1.90. The highest BCUT2D eigenvalue weighted by Gasteiger charge is 2.10. The number of nitrogens with one attached hydrogen (secondary N) is 1. The van der Waals surface area contributed by atoms with E-state index in [-0.39, 0.29) is 0 Å². The lowest BCUT2D eigenvalue weighted by molar-refractivity contribution is 1.16. The van der Waals surface area contributed by atoms with Crippen LogP contribution >= 0.6 is 0 Å². The second kappa shape index (κ2) is 6.74. The van der Waals surface area contributed by atoms with Crippen molar-refractivity contribution < 1.29 is 0 Å². The fourth-order valence-corrected chi connectivity index (χ4v) is 4.46. The highest BCUT2D eigenvalue weighted by atomic mass is 15.3. The molecule has 6 aromatic rings. The van der Waals surface area contributed by atoms with Crippen LogP contribution in [0.1, 0.15) is 17.0 Å². The van der Waals surface area contributed by atoms with Gasteiger partial charge in [0, 0.05) is 22.3 Å². The van der Waals surface area contributed by atoms with Crippen LogP contribution < -0.4 is 5.43 Å². The Morgan fingerprint density at radius 1 is 0.710 bits per heavy atom. The van der Waals surface area contributed by atoms with Gasteiger partial charge in [-0.2, -0.15) is 5.10 Å². The maximum Gasteiger partial charge on any atom is 0.161 e. The van der Waals surface area contributed by atoms with Gasteiger partial charge in [-0.05, 0) is 64.4 Å². The predicted molar refractivity (Wildman–Crippen MR) is 130 cm³/mol. The van der Waals surface area contributed by atoms with E-state index in [4.69, 9.17) is 0 Å². The number of anilines is 1. The third-order valence-corrected chi connectivity index (χ3v) is 5.89. The lowest BCUT2D eigenvalue weighted by Gasteiger charge is -2.12. The van der Waals surface area contributed by atoms with Gasteiger partial charge in [0.1, 0.15) is 0 Å². The summed E-state index contributed by atoms with van der Waals surface area (Å²) in [6.45, 7) is 3.95. The van der Waals surface area contributed by atoms with Crippen LogP contribution in [-0.4, -0.2) is 16.2 Å². The van der Waals surface area contributed by atoms with Crippen molar-refractivity contribution in [3.05, 3.63) is 89.7 Å². The molecule has 6 rings (SSSR count). The molecule has 0 aliphatic rings. The van der Waals surface area contributed by atoms with E-state index in [0.717, 1.165) is 33.7 Å². The molecule has 0 fully saturated rings. The summed E-state index contributed by atoms with van der Waals surface area (Å²) >= 11 is 0. The Balaban J connectivity index is 1.45. The van der Waals surface area contributed by atoms with Crippen LogP contribution in [0.5, 0.6) is 0 Å². The third-order valence-electron chi connectivity index (χ3n) is 5.89. The summed E-state index contributed by atoms with van der Waals surface area (Å²) in [5, 5.41) is 13.1. The summed E-state index contributed by atoms with van der Waals surface area (Å²) in [5.74, 6) is 0. The molecule has 31 heavy (non-hydrogen) atoms. The molecule has 4 heteroatoms. The summed E-state index contributed by atoms with van der Waals surface area (Å²) < 4.78 is 0. The van der Waals surface area contributed by atoms with Gasteiger partial charge in [-0.1, -0.05) is 54.6 Å². The Morgan fingerprint density at radius 3 is 2.23 bits per heavy atom. The van der Waals surface area contributed by atoms with Crippen molar-refractivity contribution in [3.8, 4) is 0 Å². The zero-order chi connectivity index (χ0) is 20.9. The number of fused-ring (bicyclic) bond motifs is 1. The molecule has 2 aromatic heterocycles. The molecule has 4 aromatic carbocycles. The molecule has 148 valence electrons. The van der Waals surface area contributed by atoms with Crippen molar-refractivity contribution in [2.75, 3.05) is 5.43 Å². The highest BCUT2D eigenvalue weighted by Crippen LogP contribution is 2.35. The molecule has 0 atom stereocenters. The van der Waals surface area contributed by atoms with Gasteiger partial charge in [0.25, 0.3) is 0 Å². The zero-order valence-corrected chi connectivity index (χ0v) is 17.3. The van der Waals surface area contributed by atoms with E-state index in [1.807, 2.05) is 38.3 Å². The maximum atomic E-state index is 4.58. The Bertz CT molecular complexity index is 1610. The number of benzene rings is 4. The van der Waals surface area contributed by atoms with Crippen LogP contribution in [0.15, 0.2) is 77.9 Å². The first-order valence-corrected chi connectivity index (χ1v) is 10.4. The molecule has 0 amide bonds. The summed E-state index contributed by atoms with van der Waals surface area (Å²) in [7, 11) is 0. The molecule has 0 spiro atoms. The average Bonchev–Trinajstić information content (AvgIpc) is 2.77. The number of nitrogens with zero attached hydrogens (tertiary/aromatic N) is 3. The van der Waals surface area contributed by atoms with Crippen LogP contribution in [0.25, 0.3) is 43.4 Å². The number of aromatic nitrogens is 2. The maximum absolute atomic E-state index is 4.58. The third kappa shape index (κ3) is 2.88. The Hall–Kier alpha value is -4.05. The van der Waals surface area contributed by atoms with Crippen molar-refractivity contribution in [1.29, 1.82) is 0 Å². The standard InChI is InChI=1S/C27H20N4/c1-16-6-12-23-24(14-17(2)30-27(23)29-16)31-28-15-21-10-9-20-8-7-18-4-3-5-19-11-13-22(21)26(20)25(18)19/h3-15H,1-2H3,(H,29,30,31)/b28-15+. The normalized spacial score (nSPS) is 12.1. The molecule has 0 bridgehead atoms. The van der Waals surface area contributed by atoms with Crippen molar-refractivity contribution in [2.45, 2.75) is 13.8 Å². The molecule has 1 N–H and O–H groups in total. The van der Waals surface area contributed by atoms with Gasteiger partial charge in [0.05, 0.1) is 11.9 Å². The van der Waals surface area contributed by atoms with Gasteiger partial charge >= 0.3 is 0 Å². The molecule has 0 saturated carbocycles. The van der Waals surface area contributed by atoms with E-state index in [2.05, 4.69) is 75.1 Å². The van der Waals surface area contributed by atoms with Crippen LogP contribution in [-0.2, 0) is 0 Å². The summed E-state index contributed by atoms with van der Waals surface area (Å²) in [5.41, 5.74) is 7.80. The second-order valence-electron chi connectivity index (χ2n) is 8.02. The zero-order valence-electron chi connectivity index (χ0n) is 17.3. The first-order valence-electron chi connectivity index (χ1n) is 10.4. The van der Waals surface area contributed by atoms with E-state index in [9.17, 15) is 0 Å². The minimum Gasteiger partial charge on any atom is -0.278 e. The topological polar surface area (TPSA) is 50.2 Å². The molecular formula is C27H20N4. The van der Waals surface area contributed by atoms with Crippen molar-refractivity contribution in [2.24, 2.45) is 5.10 Å². The Kier molecular flexibility index (Phi) is 3.87. The molecule has 0 aliphatic heterocycles. The lowest BCUT2D eigenvalue weighted by Crippen LogP contribution is -1.97. The van der Waals surface area contributed by atoms with Crippen LogP contribution in [0.2, 0.25) is 0 Å². The Morgan fingerprint density at radius 2 is 1.39 bits per heavy atom. The van der Waals surface area contributed by atoms with Gasteiger partial charge < -0.3 is 0 Å². The van der Waals surface area contributed by atoms with E-state index in [1.165, 1.54) is 32.3 Å². The van der Waals surface area contributed by atoms with Gasteiger partial charge in [-0.3, -0.25) is 5.43 Å². The number of hydrogen-bond donors (Lipinski definition) is 1. The van der Waals surface area contributed by atoms with E-state index in [1.54, 1.807) is 0 Å². The fourth-order valence-electron chi connectivity index (χ4n) is 4.46. The number of hydrazone groups is 1. The largest absolute Gasteiger partial charge is 0.278 e. The van der Waals surface area contributed by atoms with Crippen LogP contribution in [0, 0.1) is 13.8 Å². The van der Waals surface area contributed by atoms with Crippen molar-refractivity contribution in [3.63, 3.8) is 0 Å². The first-order chi connectivity index (χ1) is 15.2. The van der Waals surface area contributed by atoms with Gasteiger partial charge in [0.2, 0.25) is 0 Å². The predicted octanol–water partition coefficient (Wildman–Crippen LogP) is 6.59. The van der Waals surface area contributed by atoms with E-state index >= 15 is 0 Å². The Labute approximate surface area is 179 Å². The summed E-state index contributed by atoms with van der Waals surface area (Å²) in [6, 6.07) is 25.6. The minimum atomic E-state index is 0.737. The molecule has 0 aliphatic carbocycles. The molecule has 2 heterocycles. The molecular weight excluding hydrogens is 380 g/mol. The van der Waals surface area contributed by atoms with Crippen molar-refractivity contribution >= 4 is 55.3 Å².